The van der Waals surface area contributed by atoms with Gasteiger partial charge in [-0.2, -0.15) is 0 Å². The fraction of sp³-hybridized carbons (Fsp3) is 0.833. The first kappa shape index (κ1) is 6.12. The molecule has 1 N–H and O–H groups in total. The molecule has 2 aliphatic rings. The predicted octanol–water partition coefficient (Wildman–Crippen LogP) is -0.111. The molecular formula is C6H8NO3-. The second kappa shape index (κ2) is 1.71. The van der Waals surface area contributed by atoms with Crippen LogP contribution in [0.5, 0.6) is 0 Å². The van der Waals surface area contributed by atoms with Crippen molar-refractivity contribution in [3.63, 3.8) is 0 Å². The Bertz CT molecular complexity index is 182. The Labute approximate surface area is 58.0 Å². The molecule has 10 heavy (non-hydrogen) atoms. The van der Waals surface area contributed by atoms with E-state index in [-0.39, 0.29) is 17.9 Å². The van der Waals surface area contributed by atoms with Gasteiger partial charge in [-0.25, -0.2) is 0 Å². The van der Waals surface area contributed by atoms with Crippen LogP contribution in [0.1, 0.15) is 6.42 Å². The van der Waals surface area contributed by atoms with Crippen molar-refractivity contribution in [1.29, 1.82) is 0 Å². The van der Waals surface area contributed by atoms with E-state index in [1.807, 2.05) is 0 Å². The monoisotopic (exact) mass is 142 g/mol. The summed E-state index contributed by atoms with van der Waals surface area (Å²) in [6.07, 6.45) is 0.769. The largest absolute Gasteiger partial charge is 0.785 e. The van der Waals surface area contributed by atoms with E-state index >= 15 is 0 Å². The number of carbonyl (C=O) groups is 1. The number of nitrogens with zero attached hydrogens (tertiary/aromatic N) is 1. The number of fused-ring (bicyclic) bond motifs is 1. The summed E-state index contributed by atoms with van der Waals surface area (Å²) in [5.41, 5.74) is 0. The summed E-state index contributed by atoms with van der Waals surface area (Å²) >= 11 is 0. The maximum atomic E-state index is 10.8. The van der Waals surface area contributed by atoms with E-state index in [9.17, 15) is 10.0 Å². The molecule has 4 nitrogen and oxygen atoms in total. The highest BCUT2D eigenvalue weighted by atomic mass is 16.5. The zero-order chi connectivity index (χ0) is 7.30. The molecule has 0 aromatic carbocycles. The number of piperidine rings is 1. The molecule has 2 rings (SSSR count). The highest BCUT2D eigenvalue weighted by molar-refractivity contribution is 5.75. The molecule has 0 spiro atoms. The lowest BCUT2D eigenvalue weighted by atomic mass is 10.2. The number of carboxylic acids is 1. The van der Waals surface area contributed by atoms with E-state index in [1.54, 1.807) is 0 Å². The Morgan fingerprint density at radius 2 is 2.40 bits per heavy atom. The SMILES string of the molecule is O=C(O)C1C2CCN([O-])C21. The smallest absolute Gasteiger partial charge is 0.308 e. The summed E-state index contributed by atoms with van der Waals surface area (Å²) in [4.78, 5) is 10.4. The summed E-state index contributed by atoms with van der Waals surface area (Å²) in [6.45, 7) is 0.527. The van der Waals surface area contributed by atoms with Crippen molar-refractivity contribution in [1.82, 2.24) is 5.06 Å². The minimum atomic E-state index is -0.810. The molecule has 1 saturated carbocycles. The van der Waals surface area contributed by atoms with Crippen molar-refractivity contribution in [3.05, 3.63) is 5.21 Å². The normalized spacial score (nSPS) is 45.1. The van der Waals surface area contributed by atoms with Crippen molar-refractivity contribution in [2.24, 2.45) is 11.8 Å². The van der Waals surface area contributed by atoms with Crippen LogP contribution in [0.4, 0.5) is 0 Å². The number of aliphatic carboxylic acids is 1. The third-order valence-electron chi connectivity index (χ3n) is 2.43. The minimum absolute atomic E-state index is 0.162. The summed E-state index contributed by atoms with van der Waals surface area (Å²) in [5, 5.41) is 20.2. The third kappa shape index (κ3) is 0.602. The van der Waals surface area contributed by atoms with E-state index in [1.165, 1.54) is 0 Å². The Balaban J connectivity index is 2.05. The maximum absolute atomic E-state index is 10.8. The van der Waals surface area contributed by atoms with Crippen molar-refractivity contribution in [2.75, 3.05) is 6.54 Å². The minimum Gasteiger partial charge on any atom is -0.785 e. The van der Waals surface area contributed by atoms with Crippen LogP contribution in [0, 0.1) is 17.0 Å². The number of rotatable bonds is 1. The van der Waals surface area contributed by atoms with Gasteiger partial charge in [0.1, 0.15) is 0 Å². The molecule has 3 atom stereocenters. The van der Waals surface area contributed by atoms with Crippen molar-refractivity contribution < 1.29 is 9.90 Å². The van der Waals surface area contributed by atoms with Gasteiger partial charge in [-0.05, 0) is 18.9 Å². The zero-order valence-corrected chi connectivity index (χ0v) is 5.36. The summed E-state index contributed by atoms with van der Waals surface area (Å²) < 4.78 is 0. The summed E-state index contributed by atoms with van der Waals surface area (Å²) in [5.74, 6) is -1.00. The van der Waals surface area contributed by atoms with Gasteiger partial charge in [-0.3, -0.25) is 4.79 Å². The van der Waals surface area contributed by atoms with Gasteiger partial charge in [-0.15, -0.1) is 0 Å². The summed E-state index contributed by atoms with van der Waals surface area (Å²) in [7, 11) is 0. The Hall–Kier alpha value is -0.610. The van der Waals surface area contributed by atoms with Gasteiger partial charge < -0.3 is 15.4 Å². The molecule has 1 aliphatic carbocycles. The van der Waals surface area contributed by atoms with Gasteiger partial charge in [0.15, 0.2) is 0 Å². The van der Waals surface area contributed by atoms with E-state index in [0.717, 1.165) is 11.5 Å². The van der Waals surface area contributed by atoms with E-state index < -0.39 is 5.97 Å². The molecule has 0 aromatic heterocycles. The molecule has 0 amide bonds. The van der Waals surface area contributed by atoms with Gasteiger partial charge in [0.05, 0.1) is 5.92 Å². The molecule has 1 saturated heterocycles. The lowest BCUT2D eigenvalue weighted by Crippen LogP contribution is -2.20. The first-order chi connectivity index (χ1) is 4.72. The lowest BCUT2D eigenvalue weighted by molar-refractivity contribution is -0.139. The van der Waals surface area contributed by atoms with Gasteiger partial charge in [-0.1, -0.05) is 0 Å². The first-order valence-corrected chi connectivity index (χ1v) is 3.38. The molecule has 4 heteroatoms. The van der Waals surface area contributed by atoms with Crippen molar-refractivity contribution in [3.8, 4) is 0 Å². The molecule has 0 bridgehead atoms. The molecule has 1 heterocycles. The lowest BCUT2D eigenvalue weighted by Gasteiger charge is -2.23. The molecule has 0 radical (unpaired) electrons. The van der Waals surface area contributed by atoms with Crippen LogP contribution in [0.3, 0.4) is 0 Å². The van der Waals surface area contributed by atoms with Crippen LogP contribution < -0.4 is 0 Å². The fourth-order valence-electron chi connectivity index (χ4n) is 1.85. The molecule has 2 fully saturated rings. The molecule has 1 aliphatic heterocycles. The highest BCUT2D eigenvalue weighted by Crippen LogP contribution is 2.50. The Morgan fingerprint density at radius 1 is 1.70 bits per heavy atom. The van der Waals surface area contributed by atoms with Gasteiger partial charge >= 0.3 is 5.97 Å². The molecule has 56 valence electrons. The fourth-order valence-corrected chi connectivity index (χ4v) is 1.85. The third-order valence-corrected chi connectivity index (χ3v) is 2.43. The maximum Gasteiger partial charge on any atom is 0.308 e. The topological polar surface area (TPSA) is 63.6 Å². The molecular weight excluding hydrogens is 134 g/mol. The molecule has 3 unspecified atom stereocenters. The second-order valence-corrected chi connectivity index (χ2v) is 2.95. The Kier molecular flexibility index (Phi) is 1.04. The van der Waals surface area contributed by atoms with Crippen LogP contribution >= 0.6 is 0 Å². The van der Waals surface area contributed by atoms with Crippen LogP contribution in [0.25, 0.3) is 0 Å². The first-order valence-electron chi connectivity index (χ1n) is 3.38. The van der Waals surface area contributed by atoms with Gasteiger partial charge in [0.2, 0.25) is 0 Å². The average Bonchev–Trinajstić information content (AvgIpc) is 2.48. The zero-order valence-electron chi connectivity index (χ0n) is 5.36. The standard InChI is InChI=1S/C6H8NO3/c8-6(9)4-3-1-2-7(10)5(3)4/h3-5H,1-2H2,(H,8,9)/q-1. The number of carboxylic acid groups (broad SMARTS) is 1. The predicted molar refractivity (Wildman–Crippen MR) is 33.1 cm³/mol. The van der Waals surface area contributed by atoms with Crippen LogP contribution in [-0.4, -0.2) is 28.7 Å². The van der Waals surface area contributed by atoms with Crippen LogP contribution in [0.2, 0.25) is 0 Å². The van der Waals surface area contributed by atoms with E-state index in [2.05, 4.69) is 0 Å². The van der Waals surface area contributed by atoms with Gasteiger partial charge in [0, 0.05) is 6.04 Å². The average molecular weight is 142 g/mol. The quantitative estimate of drug-likeness (QED) is 0.554. The van der Waals surface area contributed by atoms with Crippen LogP contribution in [0.15, 0.2) is 0 Å². The van der Waals surface area contributed by atoms with Crippen molar-refractivity contribution >= 4 is 5.97 Å². The van der Waals surface area contributed by atoms with Gasteiger partial charge in [0.25, 0.3) is 0 Å². The number of hydroxylamine groups is 2. The van der Waals surface area contributed by atoms with E-state index in [4.69, 9.17) is 5.11 Å². The summed E-state index contributed by atoms with van der Waals surface area (Å²) in [6, 6.07) is -0.183. The van der Waals surface area contributed by atoms with Crippen molar-refractivity contribution in [2.45, 2.75) is 12.5 Å². The number of hydrogen-bond acceptors (Lipinski definition) is 3. The number of hydrogen-bond donors (Lipinski definition) is 1. The van der Waals surface area contributed by atoms with E-state index in [0.29, 0.717) is 6.54 Å². The highest BCUT2D eigenvalue weighted by Gasteiger charge is 2.58. The van der Waals surface area contributed by atoms with Crippen LogP contribution in [-0.2, 0) is 4.79 Å². The second-order valence-electron chi connectivity index (χ2n) is 2.95. The Morgan fingerprint density at radius 3 is 2.70 bits per heavy atom. The molecule has 0 aromatic rings.